The first kappa shape index (κ1) is 18.3. The number of hydrogen-bond acceptors (Lipinski definition) is 5. The zero-order chi connectivity index (χ0) is 19.1. The quantitative estimate of drug-likeness (QED) is 0.645. The van der Waals surface area contributed by atoms with Gasteiger partial charge in [0, 0.05) is 43.1 Å². The summed E-state index contributed by atoms with van der Waals surface area (Å²) in [6.45, 7) is 0. The first-order valence-electron chi connectivity index (χ1n) is 8.47. The fourth-order valence-corrected chi connectivity index (χ4v) is 5.42. The summed E-state index contributed by atoms with van der Waals surface area (Å²) in [5.74, 6) is 0.0606. The van der Waals surface area contributed by atoms with E-state index in [0.29, 0.717) is 28.4 Å². The third-order valence-corrected chi connectivity index (χ3v) is 6.88. The predicted molar refractivity (Wildman–Crippen MR) is 111 cm³/mol. The van der Waals surface area contributed by atoms with Crippen LogP contribution in [0.2, 0.25) is 5.02 Å². The van der Waals surface area contributed by atoms with Crippen LogP contribution in [0, 0.1) is 11.3 Å². The number of thiophene rings is 1. The second-order valence-corrected chi connectivity index (χ2v) is 8.75. The third-order valence-electron chi connectivity index (χ3n) is 4.87. The van der Waals surface area contributed by atoms with Crippen molar-refractivity contribution < 1.29 is 4.79 Å². The smallest absolute Gasteiger partial charge is 0.161 e. The monoisotopic (exact) mass is 459 g/mol. The summed E-state index contributed by atoms with van der Waals surface area (Å²) < 4.78 is 0.934. The number of anilines is 1. The van der Waals surface area contributed by atoms with Gasteiger partial charge in [-0.3, -0.25) is 9.69 Å². The van der Waals surface area contributed by atoms with Gasteiger partial charge in [-0.05, 0) is 59.1 Å². The minimum Gasteiger partial charge on any atom is -0.384 e. The SMILES string of the molecule is N#CC1=C(N)N(c2ccc(Cl)cc2)C2=C(C(=O)CCC2)[C@H]1c1cc(Br)cs1. The van der Waals surface area contributed by atoms with E-state index >= 15 is 0 Å². The maximum atomic E-state index is 12.9. The lowest BCUT2D eigenvalue weighted by molar-refractivity contribution is -0.116. The molecule has 0 spiro atoms. The molecule has 0 saturated heterocycles. The molecule has 4 nitrogen and oxygen atoms in total. The topological polar surface area (TPSA) is 70.1 Å². The zero-order valence-corrected chi connectivity index (χ0v) is 17.4. The molecule has 7 heteroatoms. The molecule has 1 aliphatic heterocycles. The molecule has 136 valence electrons. The number of benzene rings is 1. The van der Waals surface area contributed by atoms with Crippen molar-refractivity contribution >= 4 is 50.3 Å². The Hall–Kier alpha value is -2.07. The maximum Gasteiger partial charge on any atom is 0.161 e. The van der Waals surface area contributed by atoms with Gasteiger partial charge in [0.1, 0.15) is 5.82 Å². The Morgan fingerprint density at radius 2 is 2.04 bits per heavy atom. The Morgan fingerprint density at radius 1 is 1.30 bits per heavy atom. The summed E-state index contributed by atoms with van der Waals surface area (Å²) in [6, 6.07) is 11.5. The standard InChI is InChI=1S/C20H15BrClN3OS/c21-11-8-17(27-10-11)18-14(9-23)20(24)25(13-6-4-12(22)5-7-13)15-2-1-3-16(26)19(15)18/h4-8,10,18H,1-3,24H2/t18-/m1/s1. The first-order valence-corrected chi connectivity index (χ1v) is 10.5. The number of rotatable bonds is 2. The second kappa shape index (κ2) is 7.16. The summed E-state index contributed by atoms with van der Waals surface area (Å²) in [4.78, 5) is 15.7. The van der Waals surface area contributed by atoms with Crippen LogP contribution in [0.4, 0.5) is 5.69 Å². The Kier molecular flexibility index (Phi) is 4.85. The number of nitrogens with zero attached hydrogens (tertiary/aromatic N) is 2. The molecule has 2 N–H and O–H groups in total. The van der Waals surface area contributed by atoms with Gasteiger partial charge >= 0.3 is 0 Å². The van der Waals surface area contributed by atoms with Crippen molar-refractivity contribution in [2.45, 2.75) is 25.2 Å². The van der Waals surface area contributed by atoms with Gasteiger partial charge in [0.25, 0.3) is 0 Å². The largest absolute Gasteiger partial charge is 0.384 e. The van der Waals surface area contributed by atoms with Crippen LogP contribution in [0.1, 0.15) is 30.1 Å². The molecule has 2 aliphatic rings. The molecule has 27 heavy (non-hydrogen) atoms. The van der Waals surface area contributed by atoms with E-state index in [-0.39, 0.29) is 5.78 Å². The molecule has 4 rings (SSSR count). The minimum atomic E-state index is -0.405. The normalized spacial score (nSPS) is 20.0. The van der Waals surface area contributed by atoms with Crippen LogP contribution in [-0.4, -0.2) is 5.78 Å². The van der Waals surface area contributed by atoms with Crippen LogP contribution in [0.15, 0.2) is 62.8 Å². The number of ketones is 1. The summed E-state index contributed by atoms with van der Waals surface area (Å²) in [5.41, 5.74) is 9.28. The lowest BCUT2D eigenvalue weighted by Crippen LogP contribution is -2.38. The van der Waals surface area contributed by atoms with Gasteiger partial charge in [0.2, 0.25) is 0 Å². The summed E-state index contributed by atoms with van der Waals surface area (Å²) in [6.07, 6.45) is 2.01. The van der Waals surface area contributed by atoms with Crippen LogP contribution in [0.5, 0.6) is 0 Å². The average molecular weight is 461 g/mol. The number of allylic oxidation sites excluding steroid dienone is 3. The van der Waals surface area contributed by atoms with Crippen molar-refractivity contribution in [3.05, 3.63) is 72.7 Å². The molecule has 2 heterocycles. The lowest BCUT2D eigenvalue weighted by Gasteiger charge is -2.39. The molecule has 1 aromatic carbocycles. The Morgan fingerprint density at radius 3 is 2.67 bits per heavy atom. The highest BCUT2D eigenvalue weighted by atomic mass is 79.9. The van der Waals surface area contributed by atoms with E-state index in [2.05, 4.69) is 22.0 Å². The van der Waals surface area contributed by atoms with Crippen molar-refractivity contribution in [2.24, 2.45) is 5.73 Å². The molecule has 0 unspecified atom stereocenters. The number of carbonyl (C=O) groups excluding carboxylic acids is 1. The van der Waals surface area contributed by atoms with E-state index in [0.717, 1.165) is 33.6 Å². The van der Waals surface area contributed by atoms with Crippen molar-refractivity contribution in [1.82, 2.24) is 0 Å². The number of Topliss-reactive ketones (excluding diaryl/α,β-unsaturated/α-hetero) is 1. The highest BCUT2D eigenvalue weighted by Gasteiger charge is 2.40. The molecular weight excluding hydrogens is 446 g/mol. The van der Waals surface area contributed by atoms with Crippen molar-refractivity contribution in [3.8, 4) is 6.07 Å². The van der Waals surface area contributed by atoms with Crippen LogP contribution < -0.4 is 10.6 Å². The van der Waals surface area contributed by atoms with Gasteiger partial charge in [-0.25, -0.2) is 0 Å². The van der Waals surface area contributed by atoms with Crippen molar-refractivity contribution in [1.29, 1.82) is 5.26 Å². The molecule has 1 aromatic heterocycles. The highest BCUT2D eigenvalue weighted by Crippen LogP contribution is 2.47. The van der Waals surface area contributed by atoms with Gasteiger partial charge in [0.15, 0.2) is 5.78 Å². The molecule has 1 atom stereocenters. The zero-order valence-electron chi connectivity index (χ0n) is 14.2. The van der Waals surface area contributed by atoms with Crippen LogP contribution in [0.3, 0.4) is 0 Å². The first-order chi connectivity index (χ1) is 13.0. The fraction of sp³-hybridized carbons (Fsp3) is 0.200. The van der Waals surface area contributed by atoms with E-state index in [1.54, 1.807) is 12.1 Å². The van der Waals surface area contributed by atoms with E-state index in [1.165, 1.54) is 11.3 Å². The molecule has 1 aliphatic carbocycles. The highest BCUT2D eigenvalue weighted by molar-refractivity contribution is 9.10. The lowest BCUT2D eigenvalue weighted by atomic mass is 9.78. The number of nitrogens with two attached hydrogens (primary N) is 1. The van der Waals surface area contributed by atoms with Gasteiger partial charge < -0.3 is 5.73 Å². The minimum absolute atomic E-state index is 0.0879. The summed E-state index contributed by atoms with van der Waals surface area (Å²) in [5, 5.41) is 12.5. The van der Waals surface area contributed by atoms with E-state index < -0.39 is 5.92 Å². The number of halogens is 2. The van der Waals surface area contributed by atoms with E-state index in [4.69, 9.17) is 17.3 Å². The number of carbonyl (C=O) groups is 1. The van der Waals surface area contributed by atoms with Gasteiger partial charge in [-0.15, -0.1) is 11.3 Å². The number of hydrogen-bond donors (Lipinski definition) is 1. The molecule has 2 aromatic rings. The predicted octanol–water partition coefficient (Wildman–Crippen LogP) is 5.47. The average Bonchev–Trinajstić information content (AvgIpc) is 3.08. The summed E-state index contributed by atoms with van der Waals surface area (Å²) >= 11 is 11.0. The molecule has 0 saturated carbocycles. The second-order valence-electron chi connectivity index (χ2n) is 6.46. The van der Waals surface area contributed by atoms with Gasteiger partial charge in [0.05, 0.1) is 17.6 Å². The Bertz CT molecular complexity index is 1030. The molecule has 0 bridgehead atoms. The molecule has 0 amide bonds. The van der Waals surface area contributed by atoms with Crippen molar-refractivity contribution in [2.75, 3.05) is 4.90 Å². The van der Waals surface area contributed by atoms with E-state index in [1.807, 2.05) is 28.5 Å². The molecular formula is C20H15BrClN3OS. The van der Waals surface area contributed by atoms with Crippen LogP contribution in [-0.2, 0) is 4.79 Å². The van der Waals surface area contributed by atoms with Gasteiger partial charge in [-0.2, -0.15) is 5.26 Å². The summed E-state index contributed by atoms with van der Waals surface area (Å²) in [7, 11) is 0. The Balaban J connectivity index is 1.96. The molecule has 0 fully saturated rings. The fourth-order valence-electron chi connectivity index (χ4n) is 3.74. The number of nitriles is 1. The third kappa shape index (κ3) is 3.10. The molecule has 0 radical (unpaired) electrons. The van der Waals surface area contributed by atoms with Crippen LogP contribution >= 0.6 is 38.9 Å². The van der Waals surface area contributed by atoms with Gasteiger partial charge in [-0.1, -0.05) is 11.6 Å². The van der Waals surface area contributed by atoms with E-state index in [9.17, 15) is 10.1 Å². The van der Waals surface area contributed by atoms with Crippen LogP contribution in [0.25, 0.3) is 0 Å². The van der Waals surface area contributed by atoms with Crippen molar-refractivity contribution in [3.63, 3.8) is 0 Å². The Labute approximate surface area is 174 Å². The maximum absolute atomic E-state index is 12.9.